The van der Waals surface area contributed by atoms with Crippen molar-refractivity contribution in [1.82, 2.24) is 15.4 Å². The van der Waals surface area contributed by atoms with Gasteiger partial charge in [0, 0.05) is 26.2 Å². The average Bonchev–Trinajstić information content (AvgIpc) is 3.40. The number of hydrogen-bond acceptors (Lipinski definition) is 3. The molecule has 26 heavy (non-hydrogen) atoms. The second kappa shape index (κ2) is 7.96. The summed E-state index contributed by atoms with van der Waals surface area (Å²) in [7, 11) is -1.61. The molecule has 1 aromatic carbocycles. The molecule has 2 saturated carbocycles. The minimum Gasteiger partial charge on any atom is -0.356 e. The highest BCUT2D eigenvalue weighted by Crippen LogP contribution is 2.42. The van der Waals surface area contributed by atoms with Crippen molar-refractivity contribution in [3.05, 3.63) is 29.8 Å². The first-order valence-corrected chi connectivity index (χ1v) is 11.0. The number of rotatable bonds is 8. The molecule has 3 N–H and O–H groups in total. The summed E-state index contributed by atoms with van der Waals surface area (Å²) in [4.78, 5) is 4.61. The Hall–Kier alpha value is -1.60. The zero-order chi connectivity index (χ0) is 18.6. The topological polar surface area (TPSA) is 82.6 Å². The molecule has 0 unspecified atom stereocenters. The smallest absolute Gasteiger partial charge is 0.240 e. The maximum absolute atomic E-state index is 12.2. The van der Waals surface area contributed by atoms with E-state index in [0.717, 1.165) is 30.9 Å². The summed E-state index contributed by atoms with van der Waals surface area (Å²) in [6.07, 6.45) is 6.98. The molecule has 0 amide bonds. The van der Waals surface area contributed by atoms with Crippen molar-refractivity contribution in [3.63, 3.8) is 0 Å². The minimum absolute atomic E-state index is 0.123. The molecule has 0 aliphatic heterocycles. The summed E-state index contributed by atoms with van der Waals surface area (Å²) >= 11 is 0. The summed E-state index contributed by atoms with van der Waals surface area (Å²) in [5.74, 6) is 0.789. The number of nitrogens with one attached hydrogen (secondary N) is 3. The fraction of sp³-hybridized carbons (Fsp3) is 0.632. The van der Waals surface area contributed by atoms with Crippen molar-refractivity contribution in [2.45, 2.75) is 62.9 Å². The Morgan fingerprint density at radius 1 is 1.19 bits per heavy atom. The van der Waals surface area contributed by atoms with Crippen molar-refractivity contribution in [2.75, 3.05) is 13.6 Å². The first kappa shape index (κ1) is 19.2. The van der Waals surface area contributed by atoms with Crippen LogP contribution >= 0.6 is 0 Å². The summed E-state index contributed by atoms with van der Waals surface area (Å²) in [6, 6.07) is 7.15. The van der Waals surface area contributed by atoms with Gasteiger partial charge in [0.15, 0.2) is 5.96 Å². The minimum atomic E-state index is -3.38. The SMILES string of the molecule is CCC1(CNC(=NC)NCc2ccc(S(=O)(=O)NC3CC3)cc2)CCC1. The molecule has 144 valence electrons. The number of nitrogens with zero attached hydrogens (tertiary/aromatic N) is 1. The molecule has 2 aliphatic rings. The number of guanidine groups is 1. The Labute approximate surface area is 156 Å². The maximum Gasteiger partial charge on any atom is 0.240 e. The van der Waals surface area contributed by atoms with Crippen molar-refractivity contribution < 1.29 is 8.42 Å². The number of hydrogen-bond donors (Lipinski definition) is 3. The van der Waals surface area contributed by atoms with E-state index in [0.29, 0.717) is 16.9 Å². The molecular formula is C19H30N4O2S. The molecule has 3 rings (SSSR count). The Kier molecular flexibility index (Phi) is 5.87. The molecular weight excluding hydrogens is 348 g/mol. The predicted octanol–water partition coefficient (Wildman–Crippen LogP) is 2.37. The van der Waals surface area contributed by atoms with Gasteiger partial charge >= 0.3 is 0 Å². The number of sulfonamides is 1. The molecule has 6 nitrogen and oxygen atoms in total. The van der Waals surface area contributed by atoms with Crippen molar-refractivity contribution in [1.29, 1.82) is 0 Å². The Morgan fingerprint density at radius 3 is 2.38 bits per heavy atom. The molecule has 1 aromatic rings. The van der Waals surface area contributed by atoms with Gasteiger partial charge in [0.05, 0.1) is 4.90 Å². The van der Waals surface area contributed by atoms with E-state index in [4.69, 9.17) is 0 Å². The highest BCUT2D eigenvalue weighted by Gasteiger charge is 2.34. The Bertz CT molecular complexity index is 730. The molecule has 0 aromatic heterocycles. The van der Waals surface area contributed by atoms with Gasteiger partial charge in [0.2, 0.25) is 10.0 Å². The van der Waals surface area contributed by atoms with Crippen LogP contribution in [-0.4, -0.2) is 34.0 Å². The molecule has 0 bridgehead atoms. The standard InChI is InChI=1S/C19H30N4O2S/c1-3-19(11-4-12-19)14-22-18(20-2)21-13-15-5-9-17(10-6-15)26(24,25)23-16-7-8-16/h5-6,9-10,16,23H,3-4,7-8,11-14H2,1-2H3,(H2,20,21,22). The first-order valence-electron chi connectivity index (χ1n) is 9.52. The van der Waals surface area contributed by atoms with Crippen LogP contribution in [0, 0.1) is 5.41 Å². The second-order valence-electron chi connectivity index (χ2n) is 7.53. The predicted molar refractivity (Wildman–Crippen MR) is 105 cm³/mol. The van der Waals surface area contributed by atoms with E-state index < -0.39 is 10.0 Å². The lowest BCUT2D eigenvalue weighted by Crippen LogP contribution is -2.46. The third-order valence-corrected chi connectivity index (χ3v) is 7.15. The van der Waals surface area contributed by atoms with Crippen LogP contribution in [0.25, 0.3) is 0 Å². The first-order chi connectivity index (χ1) is 12.5. The molecule has 7 heteroatoms. The molecule has 0 heterocycles. The van der Waals surface area contributed by atoms with E-state index in [-0.39, 0.29) is 6.04 Å². The highest BCUT2D eigenvalue weighted by atomic mass is 32.2. The third-order valence-electron chi connectivity index (χ3n) is 5.61. The van der Waals surface area contributed by atoms with E-state index in [1.54, 1.807) is 19.2 Å². The lowest BCUT2D eigenvalue weighted by Gasteiger charge is -2.41. The third kappa shape index (κ3) is 4.76. The largest absolute Gasteiger partial charge is 0.356 e. The van der Waals surface area contributed by atoms with Crippen LogP contribution in [0.4, 0.5) is 0 Å². The van der Waals surface area contributed by atoms with Crippen LogP contribution in [0.2, 0.25) is 0 Å². The zero-order valence-electron chi connectivity index (χ0n) is 15.7. The molecule has 2 aliphatic carbocycles. The lowest BCUT2D eigenvalue weighted by atomic mass is 9.67. The molecule has 0 radical (unpaired) electrons. The summed E-state index contributed by atoms with van der Waals surface area (Å²) in [6.45, 7) is 3.81. The Morgan fingerprint density at radius 2 is 1.88 bits per heavy atom. The average molecular weight is 379 g/mol. The van der Waals surface area contributed by atoms with Gasteiger partial charge in [-0.25, -0.2) is 13.1 Å². The highest BCUT2D eigenvalue weighted by molar-refractivity contribution is 7.89. The van der Waals surface area contributed by atoms with E-state index >= 15 is 0 Å². The van der Waals surface area contributed by atoms with Gasteiger partial charge in [-0.2, -0.15) is 0 Å². The van der Waals surface area contributed by atoms with Gasteiger partial charge < -0.3 is 10.6 Å². The maximum atomic E-state index is 12.2. The van der Waals surface area contributed by atoms with E-state index in [9.17, 15) is 8.42 Å². The van der Waals surface area contributed by atoms with Crippen LogP contribution < -0.4 is 15.4 Å². The second-order valence-corrected chi connectivity index (χ2v) is 9.24. The summed E-state index contributed by atoms with van der Waals surface area (Å²) in [5.41, 5.74) is 1.45. The number of benzene rings is 1. The van der Waals surface area contributed by atoms with Crippen molar-refractivity contribution in [3.8, 4) is 0 Å². The number of aliphatic imine (C=N–C) groups is 1. The lowest BCUT2D eigenvalue weighted by molar-refractivity contribution is 0.131. The van der Waals surface area contributed by atoms with Crippen LogP contribution in [0.5, 0.6) is 0 Å². The Balaban J connectivity index is 1.50. The van der Waals surface area contributed by atoms with E-state index in [1.165, 1.54) is 25.7 Å². The van der Waals surface area contributed by atoms with E-state index in [2.05, 4.69) is 27.3 Å². The van der Waals surface area contributed by atoms with Crippen LogP contribution in [-0.2, 0) is 16.6 Å². The summed E-state index contributed by atoms with van der Waals surface area (Å²) < 4.78 is 27.1. The molecule has 0 spiro atoms. The molecule has 0 atom stereocenters. The summed E-state index contributed by atoms with van der Waals surface area (Å²) in [5, 5.41) is 6.74. The normalized spacial score (nSPS) is 19.7. The van der Waals surface area contributed by atoms with Crippen LogP contribution in [0.1, 0.15) is 51.0 Å². The van der Waals surface area contributed by atoms with Gasteiger partial charge in [-0.1, -0.05) is 25.5 Å². The molecule has 2 fully saturated rings. The molecule has 0 saturated heterocycles. The van der Waals surface area contributed by atoms with Gasteiger partial charge in [0.25, 0.3) is 0 Å². The van der Waals surface area contributed by atoms with Crippen molar-refractivity contribution >= 4 is 16.0 Å². The van der Waals surface area contributed by atoms with Gasteiger partial charge in [-0.15, -0.1) is 0 Å². The van der Waals surface area contributed by atoms with Gasteiger partial charge in [0.1, 0.15) is 0 Å². The van der Waals surface area contributed by atoms with Crippen LogP contribution in [0.3, 0.4) is 0 Å². The van der Waals surface area contributed by atoms with Crippen molar-refractivity contribution in [2.24, 2.45) is 10.4 Å². The van der Waals surface area contributed by atoms with Crippen LogP contribution in [0.15, 0.2) is 34.2 Å². The zero-order valence-corrected chi connectivity index (χ0v) is 16.5. The monoisotopic (exact) mass is 378 g/mol. The quantitative estimate of drug-likeness (QED) is 0.479. The van der Waals surface area contributed by atoms with E-state index in [1.807, 2.05) is 12.1 Å². The van der Waals surface area contributed by atoms with Gasteiger partial charge in [-0.3, -0.25) is 4.99 Å². The fourth-order valence-electron chi connectivity index (χ4n) is 3.28. The van der Waals surface area contributed by atoms with Gasteiger partial charge in [-0.05, 0) is 55.2 Å². The fourth-order valence-corrected chi connectivity index (χ4v) is 4.59.